The number of nitrogens with two attached hydrogens (primary N) is 1. The molecule has 6 unspecified atom stereocenters. The Labute approximate surface area is 217 Å². The van der Waals surface area contributed by atoms with Crippen LogP contribution in [0.3, 0.4) is 0 Å². The average Bonchev–Trinajstić information content (AvgIpc) is 2.87. The molecule has 0 saturated heterocycles. The van der Waals surface area contributed by atoms with Gasteiger partial charge in [0.15, 0.2) is 0 Å². The summed E-state index contributed by atoms with van der Waals surface area (Å²) in [5.74, 6) is 2.31. The minimum absolute atomic E-state index is 0.0683. The van der Waals surface area contributed by atoms with Crippen molar-refractivity contribution in [2.75, 3.05) is 10.6 Å². The first kappa shape index (κ1) is 26.8. The van der Waals surface area contributed by atoms with Gasteiger partial charge < -0.3 is 16.4 Å². The van der Waals surface area contributed by atoms with E-state index in [4.69, 9.17) is 5.73 Å². The van der Waals surface area contributed by atoms with Crippen molar-refractivity contribution in [3.05, 3.63) is 62.5 Å². The number of hydrogen-bond donors (Lipinski definition) is 3. The Morgan fingerprint density at radius 1 is 0.946 bits per heavy atom. The van der Waals surface area contributed by atoms with Crippen LogP contribution in [0.5, 0.6) is 0 Å². The zero-order valence-corrected chi connectivity index (χ0v) is 21.6. The van der Waals surface area contributed by atoms with E-state index in [1.54, 1.807) is 12.3 Å². The summed E-state index contributed by atoms with van der Waals surface area (Å²) in [5.41, 5.74) is 6.85. The lowest BCUT2D eigenvalue weighted by Crippen LogP contribution is -2.37. The van der Waals surface area contributed by atoms with E-state index in [1.165, 1.54) is 25.3 Å². The number of nitrogens with zero attached hydrogens (tertiary/aromatic N) is 3. The Morgan fingerprint density at radius 3 is 2.24 bits per heavy atom. The molecule has 4 rings (SSSR count). The molecule has 0 spiro atoms. The van der Waals surface area contributed by atoms with Gasteiger partial charge in [-0.3, -0.25) is 25.2 Å². The first-order valence-electron chi connectivity index (χ1n) is 13.3. The SMILES string of the molecule is CC1CC(CC2CCC(Nc3cc(NCc4ccccn4)c([N+](=O)[O-])cc3[N+](=O)[O-])C(C)C2)CCC1N. The molecule has 10 nitrogen and oxygen atoms in total. The van der Waals surface area contributed by atoms with Gasteiger partial charge in [0.05, 0.1) is 28.2 Å². The van der Waals surface area contributed by atoms with E-state index in [2.05, 4.69) is 29.5 Å². The van der Waals surface area contributed by atoms with Crippen molar-refractivity contribution in [1.29, 1.82) is 0 Å². The monoisotopic (exact) mass is 510 g/mol. The summed E-state index contributed by atoms with van der Waals surface area (Å²) in [6.45, 7) is 4.72. The Balaban J connectivity index is 1.45. The molecule has 2 saturated carbocycles. The molecule has 6 atom stereocenters. The maximum Gasteiger partial charge on any atom is 0.299 e. The molecule has 0 radical (unpaired) electrons. The third-order valence-electron chi connectivity index (χ3n) is 8.32. The number of nitro groups is 2. The third kappa shape index (κ3) is 6.74. The van der Waals surface area contributed by atoms with Gasteiger partial charge in [0, 0.05) is 18.3 Å². The minimum Gasteiger partial charge on any atom is -0.376 e. The fourth-order valence-corrected chi connectivity index (χ4v) is 6.18. The zero-order chi connectivity index (χ0) is 26.5. The summed E-state index contributed by atoms with van der Waals surface area (Å²) in [5, 5.41) is 30.0. The number of nitrogens with one attached hydrogen (secondary N) is 2. The van der Waals surface area contributed by atoms with Crippen molar-refractivity contribution in [1.82, 2.24) is 4.98 Å². The summed E-state index contributed by atoms with van der Waals surface area (Å²) in [6.07, 6.45) is 9.46. The predicted molar refractivity (Wildman–Crippen MR) is 144 cm³/mol. The van der Waals surface area contributed by atoms with Gasteiger partial charge in [-0.1, -0.05) is 19.9 Å². The van der Waals surface area contributed by atoms with E-state index in [9.17, 15) is 20.2 Å². The smallest absolute Gasteiger partial charge is 0.299 e. The van der Waals surface area contributed by atoms with Crippen molar-refractivity contribution in [2.45, 2.75) is 77.4 Å². The first-order valence-corrected chi connectivity index (χ1v) is 13.3. The lowest BCUT2D eigenvalue weighted by atomic mass is 9.71. The van der Waals surface area contributed by atoms with E-state index in [0.717, 1.165) is 37.7 Å². The number of pyridine rings is 1. The number of hydrogen-bond acceptors (Lipinski definition) is 8. The van der Waals surface area contributed by atoms with Gasteiger partial charge in [-0.2, -0.15) is 0 Å². The van der Waals surface area contributed by atoms with Crippen molar-refractivity contribution in [2.24, 2.45) is 29.4 Å². The molecule has 2 fully saturated rings. The maximum absolute atomic E-state index is 11.8. The zero-order valence-electron chi connectivity index (χ0n) is 21.6. The second kappa shape index (κ2) is 11.9. The third-order valence-corrected chi connectivity index (χ3v) is 8.32. The highest BCUT2D eigenvalue weighted by molar-refractivity contribution is 5.77. The molecule has 0 amide bonds. The van der Waals surface area contributed by atoms with Crippen molar-refractivity contribution >= 4 is 22.7 Å². The Kier molecular flexibility index (Phi) is 8.58. The Morgan fingerprint density at radius 2 is 1.62 bits per heavy atom. The first-order chi connectivity index (χ1) is 17.7. The van der Waals surface area contributed by atoms with Crippen LogP contribution in [-0.2, 0) is 6.54 Å². The van der Waals surface area contributed by atoms with E-state index < -0.39 is 9.85 Å². The molecular weight excluding hydrogens is 472 g/mol. The molecule has 2 aromatic rings. The number of benzene rings is 1. The predicted octanol–water partition coefficient (Wildman–Crippen LogP) is 5.88. The lowest BCUT2D eigenvalue weighted by molar-refractivity contribution is -0.393. The van der Waals surface area contributed by atoms with E-state index >= 15 is 0 Å². The molecular formula is C27H38N6O4. The second-order valence-electron chi connectivity index (χ2n) is 11.0. The lowest BCUT2D eigenvalue weighted by Gasteiger charge is -2.39. The Hall–Kier alpha value is -3.27. The van der Waals surface area contributed by atoms with Crippen LogP contribution in [0.2, 0.25) is 0 Å². The van der Waals surface area contributed by atoms with Crippen LogP contribution in [0.15, 0.2) is 36.5 Å². The summed E-state index contributed by atoms with van der Waals surface area (Å²) in [6, 6.07) is 8.39. The molecule has 200 valence electrons. The largest absolute Gasteiger partial charge is 0.376 e. The fourth-order valence-electron chi connectivity index (χ4n) is 6.18. The highest BCUT2D eigenvalue weighted by atomic mass is 16.6. The second-order valence-corrected chi connectivity index (χ2v) is 11.0. The molecule has 1 heterocycles. The molecule has 1 aromatic heterocycles. The van der Waals surface area contributed by atoms with E-state index in [1.807, 2.05) is 12.1 Å². The summed E-state index contributed by atoms with van der Waals surface area (Å²) in [4.78, 5) is 26.6. The number of anilines is 2. The molecule has 10 heteroatoms. The topological polar surface area (TPSA) is 149 Å². The highest BCUT2D eigenvalue weighted by Crippen LogP contribution is 2.41. The van der Waals surface area contributed by atoms with Gasteiger partial charge in [-0.25, -0.2) is 0 Å². The molecule has 2 aliphatic rings. The summed E-state index contributed by atoms with van der Waals surface area (Å²) < 4.78 is 0. The molecule has 4 N–H and O–H groups in total. The number of rotatable bonds is 9. The van der Waals surface area contributed by atoms with Gasteiger partial charge >= 0.3 is 0 Å². The van der Waals surface area contributed by atoms with Crippen LogP contribution < -0.4 is 16.4 Å². The van der Waals surface area contributed by atoms with Crippen LogP contribution in [0.4, 0.5) is 22.7 Å². The normalized spacial score (nSPS) is 27.9. The van der Waals surface area contributed by atoms with Gasteiger partial charge in [-0.05, 0) is 86.8 Å². The van der Waals surface area contributed by atoms with E-state index in [0.29, 0.717) is 35.2 Å². The van der Waals surface area contributed by atoms with Gasteiger partial charge in [0.2, 0.25) is 0 Å². The molecule has 1 aromatic carbocycles. The molecule has 2 aliphatic carbocycles. The van der Waals surface area contributed by atoms with Gasteiger partial charge in [0.25, 0.3) is 11.4 Å². The molecule has 0 aliphatic heterocycles. The van der Waals surface area contributed by atoms with Crippen molar-refractivity contribution in [3.63, 3.8) is 0 Å². The Bertz CT molecular complexity index is 1100. The quantitative estimate of drug-likeness (QED) is 0.280. The summed E-state index contributed by atoms with van der Waals surface area (Å²) >= 11 is 0. The van der Waals surface area contributed by atoms with Crippen molar-refractivity contribution < 1.29 is 9.85 Å². The van der Waals surface area contributed by atoms with Crippen LogP contribution >= 0.6 is 0 Å². The number of nitro benzene ring substituents is 2. The van der Waals surface area contributed by atoms with Crippen LogP contribution in [0.1, 0.15) is 64.5 Å². The minimum atomic E-state index is -0.593. The average molecular weight is 511 g/mol. The van der Waals surface area contributed by atoms with Gasteiger partial charge in [-0.15, -0.1) is 0 Å². The molecule has 37 heavy (non-hydrogen) atoms. The number of aromatic nitrogens is 1. The standard InChI is InChI=1S/C27H38N6O4/c1-17-11-19(6-8-22(17)28)13-20-7-9-23(18(2)12-20)31-25-14-24(30-16-21-5-3-4-10-29-21)26(32(34)35)15-27(25)33(36)37/h3-5,10,14-15,17-20,22-23,30-31H,6-9,11-13,16,28H2,1-2H3. The van der Waals surface area contributed by atoms with Crippen LogP contribution in [0.25, 0.3) is 0 Å². The maximum atomic E-state index is 11.8. The van der Waals surface area contributed by atoms with Crippen LogP contribution in [0, 0.1) is 43.9 Å². The molecule has 0 bridgehead atoms. The van der Waals surface area contributed by atoms with Crippen LogP contribution in [-0.4, -0.2) is 26.9 Å². The van der Waals surface area contributed by atoms with Crippen molar-refractivity contribution in [3.8, 4) is 0 Å². The van der Waals surface area contributed by atoms with E-state index in [-0.39, 0.29) is 29.6 Å². The van der Waals surface area contributed by atoms with Gasteiger partial charge in [0.1, 0.15) is 11.4 Å². The fraction of sp³-hybridized carbons (Fsp3) is 0.593. The highest BCUT2D eigenvalue weighted by Gasteiger charge is 2.33. The summed E-state index contributed by atoms with van der Waals surface area (Å²) in [7, 11) is 0.